The number of nitrogens with one attached hydrogen (secondary N) is 3. The van der Waals surface area contributed by atoms with Crippen molar-refractivity contribution in [3.8, 4) is 0 Å². The van der Waals surface area contributed by atoms with Crippen LogP contribution in [-0.2, 0) is 51.7 Å². The highest BCUT2D eigenvalue weighted by atomic mass is 32.2. The molecule has 0 spiro atoms. The lowest BCUT2D eigenvalue weighted by Gasteiger charge is -2.30. The molecule has 15 nitrogen and oxygen atoms in total. The van der Waals surface area contributed by atoms with E-state index in [1.165, 1.54) is 4.90 Å². The van der Waals surface area contributed by atoms with E-state index in [9.17, 15) is 32.4 Å². The number of allylic oxidation sites excluding steroid dienone is 1. The summed E-state index contributed by atoms with van der Waals surface area (Å²) in [7, 11) is -3.90. The minimum Gasteiger partial charge on any atom is -0.444 e. The van der Waals surface area contributed by atoms with Crippen molar-refractivity contribution in [2.75, 3.05) is 19.8 Å². The van der Waals surface area contributed by atoms with Crippen LogP contribution in [0.4, 0.5) is 9.59 Å². The van der Waals surface area contributed by atoms with E-state index >= 15 is 0 Å². The molecule has 6 aliphatic rings. The van der Waals surface area contributed by atoms with E-state index in [0.29, 0.717) is 51.8 Å². The molecular formula is C35H45N5O10S. The van der Waals surface area contributed by atoms with Gasteiger partial charge in [-0.3, -0.25) is 24.0 Å². The number of fused-ring (bicyclic) bond motifs is 3. The van der Waals surface area contributed by atoms with Gasteiger partial charge in [0.05, 0.1) is 25.0 Å². The summed E-state index contributed by atoms with van der Waals surface area (Å²) >= 11 is 0. The third-order valence-corrected chi connectivity index (χ3v) is 12.5. The molecule has 0 aromatic heterocycles. The second-order valence-electron chi connectivity index (χ2n) is 14.5. The fraction of sp³-hybridized carbons (Fsp3) is 0.629. The molecule has 1 aromatic carbocycles. The molecule has 6 atom stereocenters. The van der Waals surface area contributed by atoms with E-state index in [0.717, 1.165) is 24.0 Å². The van der Waals surface area contributed by atoms with Gasteiger partial charge in [-0.2, -0.15) is 0 Å². The van der Waals surface area contributed by atoms with Gasteiger partial charge >= 0.3 is 12.2 Å². The van der Waals surface area contributed by atoms with Gasteiger partial charge in [0.25, 0.3) is 5.91 Å². The first-order chi connectivity index (χ1) is 24.5. The highest BCUT2D eigenvalue weighted by Crippen LogP contribution is 2.46. The SMILES string of the molecule is O=C(N[C@H]1CCCCC/C=C\[C@@H]2C[C@@]2(C(=O)NS(=O)(=O)C2CC2)NC(=O)[C@@H]2C[C@@H](OC(=O)N3Cc4ccccc4C3)CN2C1=O)O[C@H]1CCOC1. The summed E-state index contributed by atoms with van der Waals surface area (Å²) in [5, 5.41) is 4.89. The molecule has 5 amide bonds. The number of hydrogen-bond acceptors (Lipinski definition) is 10. The highest BCUT2D eigenvalue weighted by Gasteiger charge is 2.62. The molecule has 3 N–H and O–H groups in total. The molecule has 16 heteroatoms. The van der Waals surface area contributed by atoms with E-state index in [1.54, 1.807) is 4.90 Å². The maximum atomic E-state index is 14.3. The lowest BCUT2D eigenvalue weighted by molar-refractivity contribution is -0.141. The first-order valence-corrected chi connectivity index (χ1v) is 19.5. The normalized spacial score (nSPS) is 31.6. The summed E-state index contributed by atoms with van der Waals surface area (Å²) in [6.07, 6.45) is 5.82. The number of rotatable bonds is 6. The van der Waals surface area contributed by atoms with Crippen LogP contribution in [-0.4, -0.2) is 103 Å². The molecule has 4 fully saturated rings. The van der Waals surface area contributed by atoms with Gasteiger partial charge in [-0.1, -0.05) is 49.3 Å². The average Bonchev–Trinajstić information content (AvgIpc) is 3.88. The van der Waals surface area contributed by atoms with Crippen LogP contribution in [0.15, 0.2) is 36.4 Å². The Labute approximate surface area is 296 Å². The van der Waals surface area contributed by atoms with E-state index in [4.69, 9.17) is 14.2 Å². The molecule has 2 aliphatic carbocycles. The van der Waals surface area contributed by atoms with Crippen molar-refractivity contribution in [3.63, 3.8) is 0 Å². The number of nitrogens with zero attached hydrogens (tertiary/aromatic N) is 2. The first-order valence-electron chi connectivity index (χ1n) is 17.9. The second kappa shape index (κ2) is 14.4. The van der Waals surface area contributed by atoms with E-state index in [-0.39, 0.29) is 32.4 Å². The fourth-order valence-electron chi connectivity index (χ4n) is 7.46. The predicted molar refractivity (Wildman–Crippen MR) is 180 cm³/mol. The smallest absolute Gasteiger partial charge is 0.410 e. The fourth-order valence-corrected chi connectivity index (χ4v) is 8.82. The van der Waals surface area contributed by atoms with Gasteiger partial charge in [0.15, 0.2) is 0 Å². The van der Waals surface area contributed by atoms with Crippen LogP contribution < -0.4 is 15.4 Å². The summed E-state index contributed by atoms with van der Waals surface area (Å²) in [5.74, 6) is -2.48. The number of amides is 5. The number of alkyl carbamates (subject to hydrolysis) is 1. The van der Waals surface area contributed by atoms with Crippen molar-refractivity contribution in [1.29, 1.82) is 0 Å². The van der Waals surface area contributed by atoms with E-state index in [2.05, 4.69) is 15.4 Å². The maximum absolute atomic E-state index is 14.3. The molecule has 4 heterocycles. The topological polar surface area (TPSA) is 190 Å². The Kier molecular flexibility index (Phi) is 9.98. The van der Waals surface area contributed by atoms with Crippen LogP contribution in [0, 0.1) is 5.92 Å². The molecule has 2 saturated carbocycles. The quantitative estimate of drug-likeness (QED) is 0.366. The Balaban J connectivity index is 1.12. The van der Waals surface area contributed by atoms with Crippen molar-refractivity contribution < 1.29 is 46.6 Å². The summed E-state index contributed by atoms with van der Waals surface area (Å²) in [5.41, 5.74) is 0.493. The highest BCUT2D eigenvalue weighted by molar-refractivity contribution is 7.91. The first kappa shape index (κ1) is 35.2. The minimum absolute atomic E-state index is 0.0563. The van der Waals surface area contributed by atoms with Gasteiger partial charge < -0.3 is 29.7 Å². The Bertz CT molecular complexity index is 1670. The Hall–Kier alpha value is -4.18. The average molecular weight is 728 g/mol. The zero-order chi connectivity index (χ0) is 35.8. The lowest BCUT2D eigenvalue weighted by Crippen LogP contribution is -2.58. The van der Waals surface area contributed by atoms with E-state index < -0.39 is 80.9 Å². The molecule has 0 radical (unpaired) electrons. The lowest BCUT2D eigenvalue weighted by atomic mass is 10.0. The van der Waals surface area contributed by atoms with E-state index in [1.807, 2.05) is 36.4 Å². The summed E-state index contributed by atoms with van der Waals surface area (Å²) < 4.78 is 44.4. The maximum Gasteiger partial charge on any atom is 0.410 e. The van der Waals surface area contributed by atoms with Crippen molar-refractivity contribution >= 4 is 39.9 Å². The number of benzene rings is 1. The van der Waals surface area contributed by atoms with Crippen molar-refractivity contribution in [1.82, 2.24) is 25.2 Å². The third-order valence-electron chi connectivity index (χ3n) is 10.7. The van der Waals surface area contributed by atoms with Crippen LogP contribution in [0.5, 0.6) is 0 Å². The number of carbonyl (C=O) groups excluding carboxylic acids is 5. The number of sulfonamides is 1. The molecule has 1 aromatic rings. The zero-order valence-corrected chi connectivity index (χ0v) is 29.2. The standard InChI is InChI=1S/C35H45N5O10S/c41-30-29-16-26(50-34(45)39-18-22-8-6-7-9-23(22)19-39)20-40(29)31(42)28(36-33(44)49-25-14-15-48-21-25)11-5-3-1-2-4-10-24-17-35(24,37-30)32(43)38-51(46,47)27-12-13-27/h4,6-10,24-29H,1-3,5,11-21H2,(H,36,44)(H,37,41)(H,38,43)/b10-4-/t24-,25+,26-,28+,29+,35-/m1/s1. The summed E-state index contributed by atoms with van der Waals surface area (Å²) in [4.78, 5) is 71.3. The Morgan fingerprint density at radius 3 is 2.43 bits per heavy atom. The summed E-state index contributed by atoms with van der Waals surface area (Å²) in [6, 6.07) is 5.48. The van der Waals surface area contributed by atoms with Crippen LogP contribution in [0.25, 0.3) is 0 Å². The molecule has 51 heavy (non-hydrogen) atoms. The van der Waals surface area contributed by atoms with Gasteiger partial charge in [0, 0.05) is 31.8 Å². The molecule has 0 bridgehead atoms. The third kappa shape index (κ3) is 7.86. The molecular weight excluding hydrogens is 682 g/mol. The van der Waals surface area contributed by atoms with Gasteiger partial charge in [0.2, 0.25) is 21.8 Å². The van der Waals surface area contributed by atoms with Gasteiger partial charge in [0.1, 0.15) is 29.8 Å². The zero-order valence-electron chi connectivity index (χ0n) is 28.4. The molecule has 7 rings (SSSR count). The van der Waals surface area contributed by atoms with Crippen LogP contribution in [0.3, 0.4) is 0 Å². The van der Waals surface area contributed by atoms with Crippen molar-refractivity contribution in [2.45, 2.75) is 112 Å². The van der Waals surface area contributed by atoms with Crippen molar-refractivity contribution in [3.05, 3.63) is 47.5 Å². The largest absolute Gasteiger partial charge is 0.444 e. The van der Waals surface area contributed by atoms with Crippen LogP contribution in [0.1, 0.15) is 75.3 Å². The number of ether oxygens (including phenoxy) is 3. The molecule has 0 unspecified atom stereocenters. The van der Waals surface area contributed by atoms with Gasteiger partial charge in [-0.05, 0) is 49.7 Å². The van der Waals surface area contributed by atoms with Gasteiger partial charge in [-0.25, -0.2) is 18.0 Å². The number of hydrogen-bond donors (Lipinski definition) is 3. The molecule has 4 aliphatic heterocycles. The predicted octanol–water partition coefficient (Wildman–Crippen LogP) is 2.00. The summed E-state index contributed by atoms with van der Waals surface area (Å²) in [6.45, 7) is 1.35. The monoisotopic (exact) mass is 727 g/mol. The van der Waals surface area contributed by atoms with Crippen molar-refractivity contribution in [2.24, 2.45) is 5.92 Å². The minimum atomic E-state index is -3.90. The van der Waals surface area contributed by atoms with Crippen LogP contribution >= 0.6 is 0 Å². The van der Waals surface area contributed by atoms with Gasteiger partial charge in [-0.15, -0.1) is 0 Å². The Morgan fingerprint density at radius 1 is 0.961 bits per heavy atom. The molecule has 2 saturated heterocycles. The Morgan fingerprint density at radius 2 is 1.73 bits per heavy atom. The number of carbonyl (C=O) groups is 5. The van der Waals surface area contributed by atoms with Crippen LogP contribution in [0.2, 0.25) is 0 Å². The molecule has 276 valence electrons. The second-order valence-corrected chi connectivity index (χ2v) is 16.4.